The molecule has 2 heterocycles. The minimum atomic E-state index is 0.0298. The molecule has 0 atom stereocenters. The summed E-state index contributed by atoms with van der Waals surface area (Å²) in [5.74, 6) is 3.67. The molecule has 162 valence electrons. The quantitative estimate of drug-likeness (QED) is 0.591. The second kappa shape index (κ2) is 8.25. The van der Waals surface area contributed by atoms with Gasteiger partial charge in [0.15, 0.2) is 0 Å². The molecule has 6 heteroatoms. The number of likely N-dealkylation sites (tertiary alicyclic amines) is 1. The first-order valence-electron chi connectivity index (χ1n) is 11.1. The molecule has 2 fully saturated rings. The van der Waals surface area contributed by atoms with Crippen LogP contribution in [0.3, 0.4) is 0 Å². The lowest BCUT2D eigenvalue weighted by Gasteiger charge is -2.32. The van der Waals surface area contributed by atoms with Gasteiger partial charge in [-0.3, -0.25) is 4.79 Å². The van der Waals surface area contributed by atoms with Crippen LogP contribution in [0.5, 0.6) is 11.5 Å². The van der Waals surface area contributed by atoms with E-state index in [1.54, 1.807) is 32.4 Å². The number of aromatic nitrogens is 2. The molecule has 0 spiro atoms. The fourth-order valence-corrected chi connectivity index (χ4v) is 4.61. The number of benzene rings is 2. The number of carbonyl (C=O) groups is 1. The van der Waals surface area contributed by atoms with E-state index in [2.05, 4.69) is 28.8 Å². The highest BCUT2D eigenvalue weighted by Gasteiger charge is 2.30. The molecule has 1 saturated heterocycles. The summed E-state index contributed by atoms with van der Waals surface area (Å²) in [4.78, 5) is 20.1. The summed E-state index contributed by atoms with van der Waals surface area (Å²) in [5, 5.41) is 0. The van der Waals surface area contributed by atoms with Gasteiger partial charge in [0.1, 0.15) is 17.3 Å². The zero-order valence-electron chi connectivity index (χ0n) is 18.2. The highest BCUT2D eigenvalue weighted by Crippen LogP contribution is 2.36. The van der Waals surface area contributed by atoms with Crippen LogP contribution in [-0.2, 0) is 6.54 Å². The molecule has 1 aliphatic heterocycles. The normalized spacial score (nSPS) is 17.2. The van der Waals surface area contributed by atoms with Crippen molar-refractivity contribution in [2.45, 2.75) is 38.1 Å². The maximum absolute atomic E-state index is 13.1. The maximum Gasteiger partial charge on any atom is 0.254 e. The number of methoxy groups -OCH3 is 2. The summed E-state index contributed by atoms with van der Waals surface area (Å²) in [6.07, 6.45) is 4.51. The maximum atomic E-state index is 13.1. The summed E-state index contributed by atoms with van der Waals surface area (Å²) in [7, 11) is 3.20. The van der Waals surface area contributed by atoms with Crippen molar-refractivity contribution in [1.82, 2.24) is 14.5 Å². The number of hydrogen-bond donors (Lipinski definition) is 0. The van der Waals surface area contributed by atoms with Crippen molar-refractivity contribution in [3.05, 3.63) is 53.9 Å². The topological polar surface area (TPSA) is 56.6 Å². The summed E-state index contributed by atoms with van der Waals surface area (Å²) in [6.45, 7) is 2.53. The van der Waals surface area contributed by atoms with E-state index in [0.29, 0.717) is 23.0 Å². The van der Waals surface area contributed by atoms with Crippen molar-refractivity contribution < 1.29 is 14.3 Å². The van der Waals surface area contributed by atoms with E-state index in [1.165, 1.54) is 24.2 Å². The van der Waals surface area contributed by atoms with Gasteiger partial charge in [-0.2, -0.15) is 0 Å². The predicted molar refractivity (Wildman–Crippen MR) is 120 cm³/mol. The zero-order chi connectivity index (χ0) is 21.4. The van der Waals surface area contributed by atoms with Gasteiger partial charge in [-0.1, -0.05) is 12.1 Å². The Morgan fingerprint density at radius 3 is 2.32 bits per heavy atom. The molecule has 1 aliphatic carbocycles. The van der Waals surface area contributed by atoms with Crippen molar-refractivity contribution in [2.75, 3.05) is 27.3 Å². The Morgan fingerprint density at radius 1 is 1.00 bits per heavy atom. The molecule has 0 N–H and O–H groups in total. The van der Waals surface area contributed by atoms with E-state index >= 15 is 0 Å². The van der Waals surface area contributed by atoms with Crippen LogP contribution in [-0.4, -0.2) is 47.7 Å². The van der Waals surface area contributed by atoms with E-state index < -0.39 is 0 Å². The standard InChI is InChI=1S/C25H29N3O3/c1-30-20-13-19(14-21(15-20)31-2)25(29)27-11-9-18(10-12-27)24-26-22-5-3-4-6-23(22)28(24)16-17-7-8-17/h3-6,13-15,17-18H,7-12,16H2,1-2H3. The van der Waals surface area contributed by atoms with Crippen molar-refractivity contribution in [3.8, 4) is 11.5 Å². The lowest BCUT2D eigenvalue weighted by molar-refractivity contribution is 0.0709. The Bertz CT molecular complexity index is 1070. The van der Waals surface area contributed by atoms with Crippen LogP contribution in [0, 0.1) is 5.92 Å². The Kier molecular flexibility index (Phi) is 5.30. The number of rotatable bonds is 6. The highest BCUT2D eigenvalue weighted by atomic mass is 16.5. The van der Waals surface area contributed by atoms with E-state index in [-0.39, 0.29) is 5.91 Å². The molecular weight excluding hydrogens is 390 g/mol. The monoisotopic (exact) mass is 419 g/mol. The Hall–Kier alpha value is -3.02. The summed E-state index contributed by atoms with van der Waals surface area (Å²) in [5.41, 5.74) is 2.93. The number of amides is 1. The molecule has 1 aromatic heterocycles. The fraction of sp³-hybridized carbons (Fsp3) is 0.440. The van der Waals surface area contributed by atoms with Crippen molar-refractivity contribution in [1.29, 1.82) is 0 Å². The van der Waals surface area contributed by atoms with E-state index in [0.717, 1.165) is 43.9 Å². The van der Waals surface area contributed by atoms with Crippen molar-refractivity contribution >= 4 is 16.9 Å². The molecule has 2 aromatic carbocycles. The zero-order valence-corrected chi connectivity index (χ0v) is 18.2. The predicted octanol–water partition coefficient (Wildman–Crippen LogP) is 4.48. The van der Waals surface area contributed by atoms with Gasteiger partial charge in [-0.25, -0.2) is 4.98 Å². The van der Waals surface area contributed by atoms with Gasteiger partial charge in [-0.15, -0.1) is 0 Å². The number of nitrogens with zero attached hydrogens (tertiary/aromatic N) is 3. The molecule has 31 heavy (non-hydrogen) atoms. The number of piperidine rings is 1. The van der Waals surface area contributed by atoms with Gasteiger partial charge >= 0.3 is 0 Å². The molecule has 0 unspecified atom stereocenters. The van der Waals surface area contributed by atoms with Crippen LogP contribution in [0.1, 0.15) is 47.8 Å². The summed E-state index contributed by atoms with van der Waals surface area (Å²) >= 11 is 0. The number of fused-ring (bicyclic) bond motifs is 1. The molecule has 0 bridgehead atoms. The van der Waals surface area contributed by atoms with Crippen LogP contribution in [0.15, 0.2) is 42.5 Å². The largest absolute Gasteiger partial charge is 0.497 e. The Balaban J connectivity index is 1.33. The number of ether oxygens (including phenoxy) is 2. The average molecular weight is 420 g/mol. The smallest absolute Gasteiger partial charge is 0.254 e. The van der Waals surface area contributed by atoms with Gasteiger partial charge in [0.25, 0.3) is 5.91 Å². The molecule has 1 amide bonds. The van der Waals surface area contributed by atoms with Crippen molar-refractivity contribution in [3.63, 3.8) is 0 Å². The second-order valence-corrected chi connectivity index (χ2v) is 8.68. The van der Waals surface area contributed by atoms with Gasteiger partial charge in [-0.05, 0) is 55.9 Å². The van der Waals surface area contributed by atoms with Crippen molar-refractivity contribution in [2.24, 2.45) is 5.92 Å². The van der Waals surface area contributed by atoms with Crippen LogP contribution in [0.2, 0.25) is 0 Å². The van der Waals surface area contributed by atoms with Crippen LogP contribution in [0.25, 0.3) is 11.0 Å². The van der Waals surface area contributed by atoms with E-state index in [4.69, 9.17) is 14.5 Å². The molecular formula is C25H29N3O3. The first kappa shape index (κ1) is 19.9. The number of carbonyl (C=O) groups excluding carboxylic acids is 1. The third-order valence-corrected chi connectivity index (χ3v) is 6.57. The van der Waals surface area contributed by atoms with E-state index in [9.17, 15) is 4.79 Å². The fourth-order valence-electron chi connectivity index (χ4n) is 4.61. The first-order chi connectivity index (χ1) is 15.2. The van der Waals surface area contributed by atoms with Gasteiger partial charge in [0, 0.05) is 37.2 Å². The van der Waals surface area contributed by atoms with Crippen LogP contribution in [0.4, 0.5) is 0 Å². The van der Waals surface area contributed by atoms with Gasteiger partial charge < -0.3 is 18.9 Å². The second-order valence-electron chi connectivity index (χ2n) is 8.68. The lowest BCUT2D eigenvalue weighted by Crippen LogP contribution is -2.38. The SMILES string of the molecule is COc1cc(OC)cc(C(=O)N2CCC(c3nc4ccccc4n3CC3CC3)CC2)c1. The lowest BCUT2D eigenvalue weighted by atomic mass is 9.95. The van der Waals surface area contributed by atoms with Gasteiger partial charge in [0.2, 0.25) is 0 Å². The minimum absolute atomic E-state index is 0.0298. The molecule has 1 saturated carbocycles. The molecule has 6 nitrogen and oxygen atoms in total. The Morgan fingerprint density at radius 2 is 1.68 bits per heavy atom. The first-order valence-corrected chi connectivity index (χ1v) is 11.1. The number of imidazole rings is 1. The summed E-state index contributed by atoms with van der Waals surface area (Å²) in [6, 6.07) is 13.8. The average Bonchev–Trinajstić information content (AvgIpc) is 3.58. The van der Waals surface area contributed by atoms with Crippen LogP contribution >= 0.6 is 0 Å². The molecule has 5 rings (SSSR count). The summed E-state index contributed by atoms with van der Waals surface area (Å²) < 4.78 is 13.1. The number of hydrogen-bond acceptors (Lipinski definition) is 4. The minimum Gasteiger partial charge on any atom is -0.497 e. The van der Waals surface area contributed by atoms with Crippen LogP contribution < -0.4 is 9.47 Å². The Labute approximate surface area is 182 Å². The third-order valence-electron chi connectivity index (χ3n) is 6.57. The highest BCUT2D eigenvalue weighted by molar-refractivity contribution is 5.95. The number of para-hydroxylation sites is 2. The molecule has 3 aromatic rings. The third kappa shape index (κ3) is 3.99. The molecule has 0 radical (unpaired) electrons. The van der Waals surface area contributed by atoms with Gasteiger partial charge in [0.05, 0.1) is 25.3 Å². The molecule has 2 aliphatic rings. The van der Waals surface area contributed by atoms with E-state index in [1.807, 2.05) is 4.90 Å².